The molecule has 23 heavy (non-hydrogen) atoms. The van der Waals surface area contributed by atoms with Crippen molar-refractivity contribution in [3.8, 4) is 17.2 Å². The molecular weight excluding hydrogens is 298 g/mol. The third-order valence-electron chi connectivity index (χ3n) is 3.32. The highest BCUT2D eigenvalue weighted by Gasteiger charge is 2.18. The first-order chi connectivity index (χ1) is 11.1. The van der Waals surface area contributed by atoms with Gasteiger partial charge in [-0.2, -0.15) is 5.10 Å². The first-order valence-corrected chi connectivity index (χ1v) is 6.87. The molecule has 0 saturated heterocycles. The summed E-state index contributed by atoms with van der Waals surface area (Å²) < 4.78 is 12.2. The number of nitrogens with one attached hydrogen (secondary N) is 1. The normalized spacial score (nSPS) is 10.6. The van der Waals surface area contributed by atoms with Gasteiger partial charge in [-0.15, -0.1) is 5.10 Å². The van der Waals surface area contributed by atoms with Crippen LogP contribution in [0.1, 0.15) is 16.1 Å². The third-order valence-corrected chi connectivity index (χ3v) is 3.32. The van der Waals surface area contributed by atoms with Crippen LogP contribution in [0.2, 0.25) is 0 Å². The van der Waals surface area contributed by atoms with Crippen LogP contribution in [0.3, 0.4) is 0 Å². The predicted octanol–water partition coefficient (Wildman–Crippen LogP) is 2.04. The standard InChI is InChI=1S/C15H15N5O3/c1-9-8-16-20(2)12(9)13(21)17-15-19-18-14(23-15)10-6-4-5-7-11(10)22-3/h4-8H,1-3H3,(H,17,19,21). The van der Waals surface area contributed by atoms with Gasteiger partial charge in [-0.3, -0.25) is 14.8 Å². The Hall–Kier alpha value is -3.16. The van der Waals surface area contributed by atoms with Crippen LogP contribution in [0.25, 0.3) is 11.5 Å². The quantitative estimate of drug-likeness (QED) is 0.792. The van der Waals surface area contributed by atoms with E-state index in [1.165, 1.54) is 4.68 Å². The van der Waals surface area contributed by atoms with Gasteiger partial charge < -0.3 is 9.15 Å². The zero-order valence-corrected chi connectivity index (χ0v) is 12.9. The predicted molar refractivity (Wildman–Crippen MR) is 82.2 cm³/mol. The smallest absolute Gasteiger partial charge is 0.322 e. The molecule has 0 aliphatic heterocycles. The lowest BCUT2D eigenvalue weighted by Crippen LogP contribution is -2.17. The maximum Gasteiger partial charge on any atom is 0.322 e. The lowest BCUT2D eigenvalue weighted by atomic mass is 10.2. The zero-order valence-electron chi connectivity index (χ0n) is 12.9. The number of para-hydroxylation sites is 1. The highest BCUT2D eigenvalue weighted by molar-refractivity contribution is 6.02. The van der Waals surface area contributed by atoms with Gasteiger partial charge in [0.05, 0.1) is 18.9 Å². The number of aromatic nitrogens is 4. The van der Waals surface area contributed by atoms with Gasteiger partial charge >= 0.3 is 6.01 Å². The summed E-state index contributed by atoms with van der Waals surface area (Å²) in [5.41, 5.74) is 1.84. The Bertz CT molecular complexity index is 833. The van der Waals surface area contributed by atoms with Gasteiger partial charge in [-0.1, -0.05) is 17.2 Å². The molecule has 3 rings (SSSR count). The number of amides is 1. The van der Waals surface area contributed by atoms with Crippen molar-refractivity contribution in [2.24, 2.45) is 7.05 Å². The fourth-order valence-electron chi connectivity index (χ4n) is 2.23. The van der Waals surface area contributed by atoms with Crippen molar-refractivity contribution in [2.45, 2.75) is 6.92 Å². The van der Waals surface area contributed by atoms with Crippen LogP contribution in [0.15, 0.2) is 34.9 Å². The van der Waals surface area contributed by atoms with Gasteiger partial charge in [0.2, 0.25) is 0 Å². The van der Waals surface area contributed by atoms with Crippen LogP contribution in [-0.4, -0.2) is 33.0 Å². The maximum atomic E-state index is 12.3. The van der Waals surface area contributed by atoms with E-state index in [0.29, 0.717) is 17.0 Å². The minimum atomic E-state index is -0.363. The van der Waals surface area contributed by atoms with E-state index >= 15 is 0 Å². The molecule has 8 heteroatoms. The average Bonchev–Trinajstić information content (AvgIpc) is 3.14. The minimum Gasteiger partial charge on any atom is -0.496 e. The second kappa shape index (κ2) is 5.91. The summed E-state index contributed by atoms with van der Waals surface area (Å²) in [6, 6.07) is 7.27. The summed E-state index contributed by atoms with van der Waals surface area (Å²) in [4.78, 5) is 12.3. The van der Waals surface area contributed by atoms with Crippen LogP contribution in [0.5, 0.6) is 5.75 Å². The van der Waals surface area contributed by atoms with E-state index in [1.807, 2.05) is 12.1 Å². The molecule has 118 valence electrons. The molecule has 0 spiro atoms. The number of aryl methyl sites for hydroxylation is 2. The molecule has 0 saturated carbocycles. The Morgan fingerprint density at radius 2 is 2.09 bits per heavy atom. The van der Waals surface area contributed by atoms with Gasteiger partial charge in [-0.25, -0.2) is 0 Å². The van der Waals surface area contributed by atoms with E-state index in [0.717, 1.165) is 5.56 Å². The molecule has 0 bridgehead atoms. The van der Waals surface area contributed by atoms with E-state index in [2.05, 4.69) is 20.6 Å². The fourth-order valence-corrected chi connectivity index (χ4v) is 2.23. The molecule has 0 unspecified atom stereocenters. The molecule has 1 aromatic carbocycles. The number of hydrogen-bond donors (Lipinski definition) is 1. The molecule has 3 aromatic rings. The summed E-state index contributed by atoms with van der Waals surface area (Å²) in [6.07, 6.45) is 1.61. The van der Waals surface area contributed by atoms with E-state index < -0.39 is 0 Å². The van der Waals surface area contributed by atoms with Crippen LogP contribution in [-0.2, 0) is 7.05 Å². The van der Waals surface area contributed by atoms with Crippen LogP contribution >= 0.6 is 0 Å². The van der Waals surface area contributed by atoms with Crippen molar-refractivity contribution < 1.29 is 13.9 Å². The number of nitrogens with zero attached hydrogens (tertiary/aromatic N) is 4. The van der Waals surface area contributed by atoms with E-state index in [4.69, 9.17) is 9.15 Å². The number of anilines is 1. The lowest BCUT2D eigenvalue weighted by Gasteiger charge is -2.04. The lowest BCUT2D eigenvalue weighted by molar-refractivity contribution is 0.101. The van der Waals surface area contributed by atoms with E-state index in [1.54, 1.807) is 39.4 Å². The Labute approximate surface area is 132 Å². The topological polar surface area (TPSA) is 95.1 Å². The first-order valence-electron chi connectivity index (χ1n) is 6.87. The van der Waals surface area contributed by atoms with Crippen molar-refractivity contribution in [2.75, 3.05) is 12.4 Å². The molecule has 1 amide bonds. The van der Waals surface area contributed by atoms with Gasteiger partial charge in [-0.05, 0) is 24.6 Å². The van der Waals surface area contributed by atoms with Gasteiger partial charge in [0.1, 0.15) is 11.4 Å². The summed E-state index contributed by atoms with van der Waals surface area (Å²) in [5, 5.41) is 14.4. The number of benzene rings is 1. The van der Waals surface area contributed by atoms with Crippen molar-refractivity contribution in [1.29, 1.82) is 0 Å². The zero-order chi connectivity index (χ0) is 16.4. The molecule has 0 fully saturated rings. The molecule has 0 aliphatic carbocycles. The second-order valence-corrected chi connectivity index (χ2v) is 4.87. The van der Waals surface area contributed by atoms with Crippen LogP contribution < -0.4 is 10.1 Å². The van der Waals surface area contributed by atoms with Crippen LogP contribution in [0.4, 0.5) is 6.01 Å². The summed E-state index contributed by atoms with van der Waals surface area (Å²) in [6.45, 7) is 1.80. The SMILES string of the molecule is COc1ccccc1-c1nnc(NC(=O)c2c(C)cnn2C)o1. The molecule has 1 N–H and O–H groups in total. The molecule has 0 radical (unpaired) electrons. The van der Waals surface area contributed by atoms with Crippen LogP contribution in [0, 0.1) is 6.92 Å². The average molecular weight is 313 g/mol. The fraction of sp³-hybridized carbons (Fsp3) is 0.200. The largest absolute Gasteiger partial charge is 0.496 e. The molecule has 2 aromatic heterocycles. The Morgan fingerprint density at radius 3 is 2.78 bits per heavy atom. The van der Waals surface area contributed by atoms with Gasteiger partial charge in [0.15, 0.2) is 0 Å². The van der Waals surface area contributed by atoms with Crippen molar-refractivity contribution in [3.63, 3.8) is 0 Å². The van der Waals surface area contributed by atoms with E-state index in [-0.39, 0.29) is 17.8 Å². The highest BCUT2D eigenvalue weighted by atomic mass is 16.5. The van der Waals surface area contributed by atoms with Crippen molar-refractivity contribution in [1.82, 2.24) is 20.0 Å². The number of carbonyl (C=O) groups excluding carboxylic acids is 1. The Kier molecular flexibility index (Phi) is 3.80. The molecule has 8 nitrogen and oxygen atoms in total. The third kappa shape index (κ3) is 2.78. The first kappa shape index (κ1) is 14.8. The number of rotatable bonds is 4. The van der Waals surface area contributed by atoms with Gasteiger partial charge in [0.25, 0.3) is 11.8 Å². The number of methoxy groups -OCH3 is 1. The molecular formula is C15H15N5O3. The number of ether oxygens (including phenoxy) is 1. The number of hydrogen-bond acceptors (Lipinski definition) is 6. The summed E-state index contributed by atoms with van der Waals surface area (Å²) in [5.74, 6) is 0.508. The summed E-state index contributed by atoms with van der Waals surface area (Å²) in [7, 11) is 3.25. The van der Waals surface area contributed by atoms with Crippen molar-refractivity contribution in [3.05, 3.63) is 41.7 Å². The Morgan fingerprint density at radius 1 is 1.30 bits per heavy atom. The molecule has 0 aliphatic rings. The second-order valence-electron chi connectivity index (χ2n) is 4.87. The van der Waals surface area contributed by atoms with E-state index in [9.17, 15) is 4.79 Å². The number of carbonyl (C=O) groups is 1. The summed E-state index contributed by atoms with van der Waals surface area (Å²) >= 11 is 0. The van der Waals surface area contributed by atoms with Crippen molar-refractivity contribution >= 4 is 11.9 Å². The van der Waals surface area contributed by atoms with Gasteiger partial charge in [0, 0.05) is 7.05 Å². The minimum absolute atomic E-state index is 0.0107. The Balaban J connectivity index is 1.84. The highest BCUT2D eigenvalue weighted by Crippen LogP contribution is 2.29. The molecule has 0 atom stereocenters. The monoisotopic (exact) mass is 313 g/mol. The maximum absolute atomic E-state index is 12.3. The molecule has 2 heterocycles.